The van der Waals surface area contributed by atoms with E-state index in [1.54, 1.807) is 0 Å². The fraction of sp³-hybridized carbons (Fsp3) is 0.769. The van der Waals surface area contributed by atoms with E-state index in [2.05, 4.69) is 87.6 Å². The maximum Gasteiger partial charge on any atom is 0.306 e. The van der Waals surface area contributed by atoms with E-state index >= 15 is 0 Å². The van der Waals surface area contributed by atoms with Gasteiger partial charge >= 0.3 is 17.9 Å². The highest BCUT2D eigenvalue weighted by atomic mass is 16.6. The lowest BCUT2D eigenvalue weighted by Gasteiger charge is -2.18. The summed E-state index contributed by atoms with van der Waals surface area (Å²) in [7, 11) is 0. The highest BCUT2D eigenvalue weighted by molar-refractivity contribution is 5.71. The molecule has 0 N–H and O–H groups in total. The third-order valence-electron chi connectivity index (χ3n) is 13.2. The number of rotatable bonds is 55. The van der Waals surface area contributed by atoms with Gasteiger partial charge in [-0.1, -0.05) is 273 Å². The summed E-state index contributed by atoms with van der Waals surface area (Å²) in [4.78, 5) is 38.2. The minimum Gasteiger partial charge on any atom is -0.462 e. The Hall–Kier alpha value is -3.15. The molecule has 0 radical (unpaired) electrons. The molecule has 0 aromatic carbocycles. The minimum absolute atomic E-state index is 0.0989. The van der Waals surface area contributed by atoms with Crippen LogP contribution >= 0.6 is 0 Å². The van der Waals surface area contributed by atoms with Crippen LogP contribution in [0, 0.1) is 0 Å². The van der Waals surface area contributed by atoms with Crippen LogP contribution in [0.15, 0.2) is 72.9 Å². The van der Waals surface area contributed by atoms with E-state index in [0.717, 1.165) is 77.0 Å². The highest BCUT2D eigenvalue weighted by Crippen LogP contribution is 2.16. The molecule has 0 fully saturated rings. The molecule has 0 amide bonds. The Bertz CT molecular complexity index is 1320. The van der Waals surface area contributed by atoms with Crippen LogP contribution in [-0.4, -0.2) is 37.2 Å². The van der Waals surface area contributed by atoms with E-state index < -0.39 is 6.10 Å². The van der Waals surface area contributed by atoms with Gasteiger partial charge in [-0.15, -0.1) is 0 Å². The van der Waals surface area contributed by atoms with Gasteiger partial charge in [0, 0.05) is 19.3 Å². The lowest BCUT2D eigenvalue weighted by molar-refractivity contribution is -0.166. The number of hydrogen-bond donors (Lipinski definition) is 0. The van der Waals surface area contributed by atoms with Gasteiger partial charge in [0.25, 0.3) is 0 Å². The normalized spacial score (nSPS) is 12.5. The Morgan fingerprint density at radius 2 is 0.535 bits per heavy atom. The Morgan fingerprint density at radius 1 is 0.282 bits per heavy atom. The average Bonchev–Trinajstić information content (AvgIpc) is 3.37. The molecule has 0 bridgehead atoms. The van der Waals surface area contributed by atoms with E-state index in [1.807, 2.05) is 6.08 Å². The van der Waals surface area contributed by atoms with Crippen molar-refractivity contribution in [3.05, 3.63) is 72.9 Å². The lowest BCUT2D eigenvalue weighted by Crippen LogP contribution is -2.30. The largest absolute Gasteiger partial charge is 0.462 e. The van der Waals surface area contributed by atoms with E-state index in [1.165, 1.54) is 180 Å². The van der Waals surface area contributed by atoms with Crippen molar-refractivity contribution in [3.63, 3.8) is 0 Å². The Kier molecular flexibility index (Phi) is 56.8. The van der Waals surface area contributed by atoms with Crippen molar-refractivity contribution in [1.29, 1.82) is 0 Å². The third-order valence-corrected chi connectivity index (χ3v) is 13.2. The van der Waals surface area contributed by atoms with Crippen molar-refractivity contribution in [2.45, 2.75) is 309 Å². The molecular formula is C65H114O6. The second-order valence-electron chi connectivity index (χ2n) is 20.3. The van der Waals surface area contributed by atoms with Crippen LogP contribution in [0.1, 0.15) is 303 Å². The van der Waals surface area contributed by atoms with E-state index in [-0.39, 0.29) is 37.5 Å². The zero-order chi connectivity index (χ0) is 51.4. The summed E-state index contributed by atoms with van der Waals surface area (Å²) < 4.78 is 16.8. The second-order valence-corrected chi connectivity index (χ2v) is 20.3. The predicted molar refractivity (Wildman–Crippen MR) is 307 cm³/mol. The minimum atomic E-state index is -0.809. The zero-order valence-corrected chi connectivity index (χ0v) is 47.0. The SMILES string of the molecule is CCCCC/C=C\C/C=C\C/C=C\C/C=C\C/C=C\CCC(=O)OC[C@H](COC(=O)CCCCCCCCCCCCCCCCCCCCC)OC(=O)CCCCCCC/C=C\CCCCCCCC. The smallest absolute Gasteiger partial charge is 0.306 e. The first-order valence-corrected chi connectivity index (χ1v) is 30.4. The van der Waals surface area contributed by atoms with Crippen LogP contribution in [0.3, 0.4) is 0 Å². The van der Waals surface area contributed by atoms with Gasteiger partial charge in [0.1, 0.15) is 13.2 Å². The first kappa shape index (κ1) is 67.8. The molecule has 0 saturated carbocycles. The van der Waals surface area contributed by atoms with Crippen molar-refractivity contribution >= 4 is 17.9 Å². The van der Waals surface area contributed by atoms with Crippen LogP contribution in [0.4, 0.5) is 0 Å². The predicted octanol–water partition coefficient (Wildman–Crippen LogP) is 20.5. The molecule has 0 aliphatic heterocycles. The summed E-state index contributed by atoms with van der Waals surface area (Å²) in [6, 6.07) is 0. The number of ether oxygens (including phenoxy) is 3. The first-order chi connectivity index (χ1) is 35.0. The number of unbranched alkanes of at least 4 members (excludes halogenated alkanes) is 32. The number of carbonyl (C=O) groups is 3. The van der Waals surface area contributed by atoms with E-state index in [9.17, 15) is 14.4 Å². The van der Waals surface area contributed by atoms with Crippen LogP contribution in [0.2, 0.25) is 0 Å². The summed E-state index contributed by atoms with van der Waals surface area (Å²) in [6.45, 7) is 6.57. The molecule has 0 heterocycles. The number of esters is 3. The standard InChI is InChI=1S/C65H114O6/c1-4-7-10-13-16-19-22-25-28-30-32-34-37-39-42-45-48-51-54-57-63(66)69-60-62(71-65(68)59-56-53-50-47-44-41-36-27-24-21-18-15-12-9-6-3)61-70-64(67)58-55-52-49-46-43-40-38-35-33-31-29-26-23-20-17-14-11-8-5-2/h16,19,25,27-28,32,34,36,39,42,48,51,62H,4-15,17-18,20-24,26,29-31,33,35,37-38,40-41,43-47,49-50,52-61H2,1-3H3/b19-16-,28-25-,34-32-,36-27-,42-39-,51-48-/t62-/m1/s1. The Morgan fingerprint density at radius 3 is 0.915 bits per heavy atom. The molecule has 0 aromatic rings. The second kappa shape index (κ2) is 59.4. The van der Waals surface area contributed by atoms with Gasteiger partial charge in [-0.05, 0) is 83.5 Å². The summed E-state index contributed by atoms with van der Waals surface area (Å²) in [5.41, 5.74) is 0. The zero-order valence-electron chi connectivity index (χ0n) is 47.0. The van der Waals surface area contributed by atoms with Gasteiger partial charge in [-0.25, -0.2) is 0 Å². The fourth-order valence-electron chi connectivity index (χ4n) is 8.60. The summed E-state index contributed by atoms with van der Waals surface area (Å²) in [6.07, 6.45) is 76.2. The number of carbonyl (C=O) groups excluding carboxylic acids is 3. The van der Waals surface area contributed by atoms with E-state index in [4.69, 9.17) is 14.2 Å². The Balaban J connectivity index is 4.45. The monoisotopic (exact) mass is 991 g/mol. The molecule has 6 heteroatoms. The van der Waals surface area contributed by atoms with Gasteiger partial charge in [-0.2, -0.15) is 0 Å². The van der Waals surface area contributed by atoms with Crippen molar-refractivity contribution < 1.29 is 28.6 Å². The van der Waals surface area contributed by atoms with Crippen LogP contribution in [-0.2, 0) is 28.6 Å². The van der Waals surface area contributed by atoms with Crippen molar-refractivity contribution in [1.82, 2.24) is 0 Å². The molecular weight excluding hydrogens is 877 g/mol. The van der Waals surface area contributed by atoms with Gasteiger partial charge < -0.3 is 14.2 Å². The van der Waals surface area contributed by atoms with E-state index in [0.29, 0.717) is 19.3 Å². The molecule has 0 spiro atoms. The molecule has 0 unspecified atom stereocenters. The maximum atomic E-state index is 12.9. The van der Waals surface area contributed by atoms with Crippen molar-refractivity contribution in [3.8, 4) is 0 Å². The molecule has 0 aromatic heterocycles. The van der Waals surface area contributed by atoms with Crippen LogP contribution < -0.4 is 0 Å². The summed E-state index contributed by atoms with van der Waals surface area (Å²) in [5.74, 6) is -0.981. The molecule has 1 atom stereocenters. The molecule has 6 nitrogen and oxygen atoms in total. The number of hydrogen-bond acceptors (Lipinski definition) is 6. The maximum absolute atomic E-state index is 12.9. The molecule has 0 rings (SSSR count). The topological polar surface area (TPSA) is 78.9 Å². The third kappa shape index (κ3) is 57.6. The molecule has 0 saturated heterocycles. The summed E-state index contributed by atoms with van der Waals surface area (Å²) >= 11 is 0. The quantitative estimate of drug-likeness (QED) is 0.0261. The molecule has 71 heavy (non-hydrogen) atoms. The van der Waals surface area contributed by atoms with Crippen LogP contribution in [0.5, 0.6) is 0 Å². The van der Waals surface area contributed by atoms with Gasteiger partial charge in [-0.3, -0.25) is 14.4 Å². The van der Waals surface area contributed by atoms with Crippen molar-refractivity contribution in [2.75, 3.05) is 13.2 Å². The van der Waals surface area contributed by atoms with Gasteiger partial charge in [0.15, 0.2) is 6.10 Å². The fourth-order valence-corrected chi connectivity index (χ4v) is 8.60. The highest BCUT2D eigenvalue weighted by Gasteiger charge is 2.19. The van der Waals surface area contributed by atoms with Crippen molar-refractivity contribution in [2.24, 2.45) is 0 Å². The molecule has 410 valence electrons. The summed E-state index contributed by atoms with van der Waals surface area (Å²) in [5, 5.41) is 0. The van der Waals surface area contributed by atoms with Gasteiger partial charge in [0.05, 0.1) is 0 Å². The first-order valence-electron chi connectivity index (χ1n) is 30.4. The number of allylic oxidation sites excluding steroid dienone is 12. The molecule has 0 aliphatic carbocycles. The van der Waals surface area contributed by atoms with Crippen LogP contribution in [0.25, 0.3) is 0 Å². The average molecular weight is 992 g/mol. The Labute approximate surface area is 440 Å². The lowest BCUT2D eigenvalue weighted by atomic mass is 10.0. The van der Waals surface area contributed by atoms with Gasteiger partial charge in [0.2, 0.25) is 0 Å². The molecule has 0 aliphatic rings.